The molecule has 0 radical (unpaired) electrons. The Kier molecular flexibility index (Phi) is 4.39. The molecule has 0 unspecified atom stereocenters. The first-order chi connectivity index (χ1) is 10.7. The van der Waals surface area contributed by atoms with Crippen LogP contribution in [0.5, 0.6) is 5.75 Å². The Bertz CT molecular complexity index is 631. The Labute approximate surface area is 130 Å². The molecule has 0 aliphatic heterocycles. The molecule has 2 aromatic carbocycles. The average Bonchev–Trinajstić information content (AvgIpc) is 3.38. The number of rotatable bonds is 6. The zero-order valence-electron chi connectivity index (χ0n) is 12.4. The van der Waals surface area contributed by atoms with Crippen LogP contribution >= 0.6 is 0 Å². The number of ether oxygens (including phenoxy) is 1. The summed E-state index contributed by atoms with van der Waals surface area (Å²) in [6, 6.07) is 14.8. The fraction of sp³-hybridized carbons (Fsp3) is 0.278. The molecule has 22 heavy (non-hydrogen) atoms. The smallest absolute Gasteiger partial charge is 0.255 e. The van der Waals surface area contributed by atoms with Crippen LogP contribution in [0, 0.1) is 5.92 Å². The maximum atomic E-state index is 12.1. The molecule has 1 aliphatic carbocycles. The van der Waals surface area contributed by atoms with Gasteiger partial charge in [-0.2, -0.15) is 0 Å². The highest BCUT2D eigenvalue weighted by atomic mass is 16.5. The van der Waals surface area contributed by atoms with Crippen molar-refractivity contribution in [1.29, 1.82) is 0 Å². The zero-order chi connectivity index (χ0) is 15.4. The van der Waals surface area contributed by atoms with E-state index < -0.39 is 0 Å². The second-order valence-electron chi connectivity index (χ2n) is 5.63. The van der Waals surface area contributed by atoms with Gasteiger partial charge in [0.1, 0.15) is 5.75 Å². The molecule has 1 amide bonds. The number of hydrogen-bond donors (Lipinski definition) is 2. The van der Waals surface area contributed by atoms with Crippen LogP contribution in [-0.2, 0) is 6.54 Å². The van der Waals surface area contributed by atoms with Crippen LogP contribution in [0.25, 0.3) is 0 Å². The van der Waals surface area contributed by atoms with Gasteiger partial charge in [-0.05, 0) is 60.7 Å². The van der Waals surface area contributed by atoms with E-state index in [0.29, 0.717) is 12.1 Å². The first kappa shape index (κ1) is 14.6. The lowest BCUT2D eigenvalue weighted by molar-refractivity contribution is 0.102. The zero-order valence-corrected chi connectivity index (χ0v) is 12.4. The van der Waals surface area contributed by atoms with Gasteiger partial charge in [-0.15, -0.1) is 0 Å². The molecule has 0 saturated heterocycles. The summed E-state index contributed by atoms with van der Waals surface area (Å²) < 4.78 is 5.68. The average molecular weight is 296 g/mol. The predicted molar refractivity (Wildman–Crippen MR) is 86.9 cm³/mol. The van der Waals surface area contributed by atoms with Crippen LogP contribution < -0.4 is 15.8 Å². The standard InChI is InChI=1S/C18H20N2O2/c19-11-13-3-5-15(6-4-13)18(21)20-16-7-9-17(10-8-16)22-12-14-1-2-14/h3-10,14H,1-2,11-12,19H2,(H,20,21). The summed E-state index contributed by atoms with van der Waals surface area (Å²) in [4.78, 5) is 12.1. The van der Waals surface area contributed by atoms with Gasteiger partial charge < -0.3 is 15.8 Å². The van der Waals surface area contributed by atoms with Gasteiger partial charge >= 0.3 is 0 Å². The maximum Gasteiger partial charge on any atom is 0.255 e. The van der Waals surface area contributed by atoms with E-state index in [1.54, 1.807) is 12.1 Å². The monoisotopic (exact) mass is 296 g/mol. The lowest BCUT2D eigenvalue weighted by Gasteiger charge is -2.08. The minimum Gasteiger partial charge on any atom is -0.493 e. The highest BCUT2D eigenvalue weighted by Gasteiger charge is 2.21. The van der Waals surface area contributed by atoms with Crippen molar-refractivity contribution >= 4 is 11.6 Å². The predicted octanol–water partition coefficient (Wildman–Crippen LogP) is 3.19. The molecule has 3 rings (SSSR count). The molecular formula is C18H20N2O2. The molecule has 1 aliphatic rings. The molecule has 4 nitrogen and oxygen atoms in total. The Morgan fingerprint density at radius 2 is 1.77 bits per heavy atom. The van der Waals surface area contributed by atoms with Crippen molar-refractivity contribution in [1.82, 2.24) is 0 Å². The van der Waals surface area contributed by atoms with Gasteiger partial charge in [0.25, 0.3) is 5.91 Å². The van der Waals surface area contributed by atoms with E-state index in [1.165, 1.54) is 12.8 Å². The molecule has 4 heteroatoms. The van der Waals surface area contributed by atoms with Crippen LogP contribution in [-0.4, -0.2) is 12.5 Å². The highest BCUT2D eigenvalue weighted by Crippen LogP contribution is 2.29. The van der Waals surface area contributed by atoms with E-state index >= 15 is 0 Å². The molecule has 1 saturated carbocycles. The van der Waals surface area contributed by atoms with E-state index in [4.69, 9.17) is 10.5 Å². The quantitative estimate of drug-likeness (QED) is 0.860. The Hall–Kier alpha value is -2.33. The summed E-state index contributed by atoms with van der Waals surface area (Å²) in [6.07, 6.45) is 2.55. The topological polar surface area (TPSA) is 64.4 Å². The number of benzene rings is 2. The molecule has 3 N–H and O–H groups in total. The lowest BCUT2D eigenvalue weighted by Crippen LogP contribution is -2.12. The minimum absolute atomic E-state index is 0.129. The van der Waals surface area contributed by atoms with E-state index in [9.17, 15) is 4.79 Å². The fourth-order valence-electron chi connectivity index (χ4n) is 2.13. The van der Waals surface area contributed by atoms with Crippen LogP contribution in [0.1, 0.15) is 28.8 Å². The lowest BCUT2D eigenvalue weighted by atomic mass is 10.1. The molecule has 2 aromatic rings. The van der Waals surface area contributed by atoms with Crippen molar-refractivity contribution in [3.05, 3.63) is 59.7 Å². The first-order valence-electron chi connectivity index (χ1n) is 7.58. The van der Waals surface area contributed by atoms with Crippen molar-refractivity contribution in [2.24, 2.45) is 11.7 Å². The number of nitrogens with one attached hydrogen (secondary N) is 1. The van der Waals surface area contributed by atoms with Gasteiger partial charge in [-0.3, -0.25) is 4.79 Å². The molecule has 0 bridgehead atoms. The van der Waals surface area contributed by atoms with Crippen molar-refractivity contribution in [2.75, 3.05) is 11.9 Å². The third-order valence-corrected chi connectivity index (χ3v) is 3.75. The van der Waals surface area contributed by atoms with Crippen molar-refractivity contribution in [2.45, 2.75) is 19.4 Å². The summed E-state index contributed by atoms with van der Waals surface area (Å²) in [7, 11) is 0. The molecule has 0 aromatic heterocycles. The third-order valence-electron chi connectivity index (χ3n) is 3.75. The van der Waals surface area contributed by atoms with Crippen LogP contribution in [0.2, 0.25) is 0 Å². The van der Waals surface area contributed by atoms with Crippen molar-refractivity contribution in [3.63, 3.8) is 0 Å². The number of carbonyl (C=O) groups excluding carboxylic acids is 1. The summed E-state index contributed by atoms with van der Waals surface area (Å²) in [5.41, 5.74) is 7.93. The normalized spacial score (nSPS) is 13.7. The molecule has 114 valence electrons. The van der Waals surface area contributed by atoms with Crippen molar-refractivity contribution in [3.8, 4) is 5.75 Å². The Balaban J connectivity index is 1.57. The summed E-state index contributed by atoms with van der Waals surface area (Å²) in [5.74, 6) is 1.45. The fourth-order valence-corrected chi connectivity index (χ4v) is 2.13. The summed E-state index contributed by atoms with van der Waals surface area (Å²) in [6.45, 7) is 1.27. The summed E-state index contributed by atoms with van der Waals surface area (Å²) >= 11 is 0. The van der Waals surface area contributed by atoms with Gasteiger partial charge in [0.15, 0.2) is 0 Å². The van der Waals surface area contributed by atoms with Gasteiger partial charge in [0.2, 0.25) is 0 Å². The van der Waals surface area contributed by atoms with E-state index in [0.717, 1.165) is 29.5 Å². The van der Waals surface area contributed by atoms with Gasteiger partial charge in [-0.1, -0.05) is 12.1 Å². The van der Waals surface area contributed by atoms with Crippen LogP contribution in [0.15, 0.2) is 48.5 Å². The Morgan fingerprint density at radius 1 is 1.09 bits per heavy atom. The SMILES string of the molecule is NCc1ccc(C(=O)Nc2ccc(OCC3CC3)cc2)cc1. The molecule has 0 heterocycles. The number of hydrogen-bond acceptors (Lipinski definition) is 3. The minimum atomic E-state index is -0.129. The first-order valence-corrected chi connectivity index (χ1v) is 7.58. The second kappa shape index (κ2) is 6.62. The maximum absolute atomic E-state index is 12.1. The van der Waals surface area contributed by atoms with Crippen LogP contribution in [0.4, 0.5) is 5.69 Å². The number of carbonyl (C=O) groups is 1. The second-order valence-corrected chi connectivity index (χ2v) is 5.63. The van der Waals surface area contributed by atoms with E-state index in [2.05, 4.69) is 5.32 Å². The summed E-state index contributed by atoms with van der Waals surface area (Å²) in [5, 5.41) is 2.87. The molecule has 1 fully saturated rings. The third kappa shape index (κ3) is 3.86. The van der Waals surface area contributed by atoms with Gasteiger partial charge in [0, 0.05) is 17.8 Å². The largest absolute Gasteiger partial charge is 0.493 e. The molecule has 0 spiro atoms. The Morgan fingerprint density at radius 3 is 2.36 bits per heavy atom. The number of anilines is 1. The van der Waals surface area contributed by atoms with Gasteiger partial charge in [-0.25, -0.2) is 0 Å². The number of amides is 1. The van der Waals surface area contributed by atoms with Crippen LogP contribution in [0.3, 0.4) is 0 Å². The van der Waals surface area contributed by atoms with Gasteiger partial charge in [0.05, 0.1) is 6.61 Å². The van der Waals surface area contributed by atoms with E-state index in [1.807, 2.05) is 36.4 Å². The molecule has 0 atom stereocenters. The highest BCUT2D eigenvalue weighted by molar-refractivity contribution is 6.04. The van der Waals surface area contributed by atoms with Crippen molar-refractivity contribution < 1.29 is 9.53 Å². The number of nitrogens with two attached hydrogens (primary N) is 1. The van der Waals surface area contributed by atoms with E-state index in [-0.39, 0.29) is 5.91 Å². The molecular weight excluding hydrogens is 276 g/mol.